The van der Waals surface area contributed by atoms with Gasteiger partial charge < -0.3 is 0 Å². The highest BCUT2D eigenvalue weighted by molar-refractivity contribution is 6.30. The predicted molar refractivity (Wildman–Crippen MR) is 88.5 cm³/mol. The normalized spacial score (nSPS) is 11.0. The van der Waals surface area contributed by atoms with Gasteiger partial charge in [0.25, 0.3) is 5.56 Å². The lowest BCUT2D eigenvalue weighted by Gasteiger charge is -2.14. The van der Waals surface area contributed by atoms with Gasteiger partial charge >= 0.3 is 0 Å². The van der Waals surface area contributed by atoms with E-state index in [1.54, 1.807) is 28.8 Å². The van der Waals surface area contributed by atoms with Crippen molar-refractivity contribution >= 4 is 22.4 Å². The Hall–Kier alpha value is -2.13. The van der Waals surface area contributed by atoms with Crippen molar-refractivity contribution in [3.63, 3.8) is 0 Å². The van der Waals surface area contributed by atoms with Crippen LogP contribution in [0.1, 0.15) is 19.0 Å². The van der Waals surface area contributed by atoms with E-state index >= 15 is 0 Å². The molecule has 0 N–H and O–H groups in total. The first kappa shape index (κ1) is 14.8. The monoisotopic (exact) mass is 315 g/mol. The molecule has 3 rings (SSSR count). The second kappa shape index (κ2) is 5.93. The fraction of sp³-hybridized carbons (Fsp3) is 0.167. The summed E-state index contributed by atoms with van der Waals surface area (Å²) in [4.78, 5) is 12.8. The molecule has 2 nitrogen and oxygen atoms in total. The molecule has 0 aliphatic rings. The third-order valence-corrected chi connectivity index (χ3v) is 3.87. The average Bonchev–Trinajstić information content (AvgIpc) is 2.49. The number of hydrogen-bond donors (Lipinski definition) is 0. The van der Waals surface area contributed by atoms with Crippen molar-refractivity contribution in [2.24, 2.45) is 0 Å². The standard InChI is InChI=1S/C18H15ClFNO/c1-2-4-15-9-12-7-8-14(20)11-17(12)18(22)21(15)16-6-3-5-13(19)10-16/h3,5-11H,2,4H2,1H3. The molecule has 0 aliphatic carbocycles. The van der Waals surface area contributed by atoms with Crippen LogP contribution in [0.2, 0.25) is 5.02 Å². The highest BCUT2D eigenvalue weighted by Gasteiger charge is 2.11. The lowest BCUT2D eigenvalue weighted by atomic mass is 10.1. The van der Waals surface area contributed by atoms with E-state index in [2.05, 4.69) is 6.92 Å². The van der Waals surface area contributed by atoms with Crippen LogP contribution in [0, 0.1) is 5.82 Å². The van der Waals surface area contributed by atoms with Crippen LogP contribution in [0.4, 0.5) is 4.39 Å². The zero-order valence-electron chi connectivity index (χ0n) is 12.1. The maximum atomic E-state index is 13.5. The smallest absolute Gasteiger partial charge is 0.263 e. The Morgan fingerprint density at radius 1 is 1.14 bits per heavy atom. The summed E-state index contributed by atoms with van der Waals surface area (Å²) in [6.45, 7) is 2.06. The van der Waals surface area contributed by atoms with Gasteiger partial charge in [0, 0.05) is 10.7 Å². The number of hydrogen-bond acceptors (Lipinski definition) is 1. The average molecular weight is 316 g/mol. The molecule has 0 amide bonds. The van der Waals surface area contributed by atoms with Crippen molar-refractivity contribution in [2.75, 3.05) is 0 Å². The van der Waals surface area contributed by atoms with Gasteiger partial charge in [-0.15, -0.1) is 0 Å². The van der Waals surface area contributed by atoms with Crippen molar-refractivity contribution in [1.29, 1.82) is 0 Å². The third kappa shape index (κ3) is 2.64. The Kier molecular flexibility index (Phi) is 3.99. The molecule has 2 aromatic carbocycles. The number of aryl methyl sites for hydroxylation is 1. The molecule has 0 spiro atoms. The quantitative estimate of drug-likeness (QED) is 0.684. The van der Waals surface area contributed by atoms with Gasteiger partial charge in [-0.05, 0) is 48.2 Å². The molecule has 1 aromatic heterocycles. The minimum atomic E-state index is -0.412. The highest BCUT2D eigenvalue weighted by atomic mass is 35.5. The molecule has 0 aliphatic heterocycles. The number of aromatic nitrogens is 1. The second-order valence-corrected chi connectivity index (χ2v) is 5.67. The van der Waals surface area contributed by atoms with Gasteiger partial charge in [0.1, 0.15) is 5.82 Å². The highest BCUT2D eigenvalue weighted by Crippen LogP contribution is 2.20. The summed E-state index contributed by atoms with van der Waals surface area (Å²) in [6, 6.07) is 13.4. The van der Waals surface area contributed by atoms with Crippen molar-refractivity contribution in [3.8, 4) is 5.69 Å². The SMILES string of the molecule is CCCc1cc2ccc(F)cc2c(=O)n1-c1cccc(Cl)c1. The van der Waals surface area contributed by atoms with Gasteiger partial charge in [-0.2, -0.15) is 0 Å². The van der Waals surface area contributed by atoms with E-state index in [-0.39, 0.29) is 5.56 Å². The number of halogens is 2. The summed E-state index contributed by atoms with van der Waals surface area (Å²) in [5, 5.41) is 1.69. The first-order chi connectivity index (χ1) is 10.6. The molecular weight excluding hydrogens is 301 g/mol. The molecule has 1 heterocycles. The van der Waals surface area contributed by atoms with E-state index in [1.165, 1.54) is 12.1 Å². The van der Waals surface area contributed by atoms with Gasteiger partial charge in [-0.3, -0.25) is 9.36 Å². The molecule has 0 fully saturated rings. The maximum Gasteiger partial charge on any atom is 0.263 e. The van der Waals surface area contributed by atoms with Crippen molar-refractivity contribution < 1.29 is 4.39 Å². The Morgan fingerprint density at radius 3 is 2.68 bits per heavy atom. The Bertz CT molecular complexity index is 901. The molecule has 3 aromatic rings. The fourth-order valence-corrected chi connectivity index (χ4v) is 2.86. The zero-order chi connectivity index (χ0) is 15.7. The third-order valence-electron chi connectivity index (χ3n) is 3.63. The van der Waals surface area contributed by atoms with Crippen LogP contribution in [0.15, 0.2) is 53.3 Å². The van der Waals surface area contributed by atoms with Crippen LogP contribution in [0.5, 0.6) is 0 Å². The number of rotatable bonds is 3. The summed E-state index contributed by atoms with van der Waals surface area (Å²) in [7, 11) is 0. The van der Waals surface area contributed by atoms with Crippen LogP contribution in [0.25, 0.3) is 16.5 Å². The van der Waals surface area contributed by atoms with Gasteiger partial charge in [0.2, 0.25) is 0 Å². The van der Waals surface area contributed by atoms with Gasteiger partial charge in [-0.1, -0.05) is 37.1 Å². The lowest BCUT2D eigenvalue weighted by Crippen LogP contribution is -2.22. The largest absolute Gasteiger partial charge is 0.281 e. The van der Waals surface area contributed by atoms with Gasteiger partial charge in [0.15, 0.2) is 0 Å². The number of pyridine rings is 1. The van der Waals surface area contributed by atoms with Crippen LogP contribution >= 0.6 is 11.6 Å². The van der Waals surface area contributed by atoms with E-state index in [1.807, 2.05) is 12.1 Å². The summed E-state index contributed by atoms with van der Waals surface area (Å²) in [6.07, 6.45) is 1.67. The van der Waals surface area contributed by atoms with Crippen LogP contribution in [-0.2, 0) is 6.42 Å². The van der Waals surface area contributed by atoms with E-state index < -0.39 is 5.82 Å². The van der Waals surface area contributed by atoms with Crippen LogP contribution in [-0.4, -0.2) is 4.57 Å². The number of nitrogens with zero attached hydrogens (tertiary/aromatic N) is 1. The summed E-state index contributed by atoms with van der Waals surface area (Å²) in [5.74, 6) is -0.412. The van der Waals surface area contributed by atoms with Crippen molar-refractivity contribution in [3.05, 3.63) is 75.4 Å². The minimum Gasteiger partial charge on any atom is -0.281 e. The van der Waals surface area contributed by atoms with Crippen LogP contribution < -0.4 is 5.56 Å². The molecule has 0 unspecified atom stereocenters. The van der Waals surface area contributed by atoms with Gasteiger partial charge in [-0.25, -0.2) is 4.39 Å². The second-order valence-electron chi connectivity index (χ2n) is 5.24. The molecule has 0 atom stereocenters. The Morgan fingerprint density at radius 2 is 1.95 bits per heavy atom. The first-order valence-corrected chi connectivity index (χ1v) is 7.58. The molecule has 0 bridgehead atoms. The Balaban J connectivity index is 2.37. The zero-order valence-corrected chi connectivity index (χ0v) is 12.9. The summed E-state index contributed by atoms with van der Waals surface area (Å²) in [5.41, 5.74) is 1.38. The van der Waals surface area contributed by atoms with Crippen molar-refractivity contribution in [2.45, 2.75) is 19.8 Å². The molecule has 0 saturated carbocycles. The molecule has 112 valence electrons. The maximum absolute atomic E-state index is 13.5. The molecule has 4 heteroatoms. The number of benzene rings is 2. The summed E-state index contributed by atoms with van der Waals surface area (Å²) < 4.78 is 15.1. The molecule has 0 radical (unpaired) electrons. The van der Waals surface area contributed by atoms with Gasteiger partial charge in [0.05, 0.1) is 11.1 Å². The van der Waals surface area contributed by atoms with E-state index in [0.29, 0.717) is 16.1 Å². The minimum absolute atomic E-state index is 0.220. The summed E-state index contributed by atoms with van der Waals surface area (Å²) >= 11 is 6.04. The predicted octanol–water partition coefficient (Wildman–Crippen LogP) is 4.74. The van der Waals surface area contributed by atoms with E-state index in [4.69, 9.17) is 11.6 Å². The van der Waals surface area contributed by atoms with Crippen molar-refractivity contribution in [1.82, 2.24) is 4.57 Å². The lowest BCUT2D eigenvalue weighted by molar-refractivity contribution is 0.629. The van der Waals surface area contributed by atoms with E-state index in [9.17, 15) is 9.18 Å². The van der Waals surface area contributed by atoms with Crippen LogP contribution in [0.3, 0.4) is 0 Å². The molecule has 22 heavy (non-hydrogen) atoms. The Labute approximate surface area is 132 Å². The topological polar surface area (TPSA) is 22.0 Å². The first-order valence-electron chi connectivity index (χ1n) is 7.20. The fourth-order valence-electron chi connectivity index (χ4n) is 2.67. The number of fused-ring (bicyclic) bond motifs is 1. The molecular formula is C18H15ClFNO. The van der Waals surface area contributed by atoms with E-state index in [0.717, 1.165) is 23.9 Å². The molecule has 0 saturated heterocycles.